The zero-order valence-electron chi connectivity index (χ0n) is 16.9. The Kier molecular flexibility index (Phi) is 6.77. The molecule has 3 aromatic rings. The lowest BCUT2D eigenvalue weighted by Crippen LogP contribution is -2.21. The number of nitrogens with zero attached hydrogens (tertiary/aromatic N) is 4. The molecule has 1 amide bonds. The van der Waals surface area contributed by atoms with Crippen molar-refractivity contribution in [1.29, 1.82) is 0 Å². The summed E-state index contributed by atoms with van der Waals surface area (Å²) in [7, 11) is 0. The average molecular weight is 411 g/mol. The summed E-state index contributed by atoms with van der Waals surface area (Å²) in [5, 5.41) is 11.7. The van der Waals surface area contributed by atoms with Crippen molar-refractivity contribution >= 4 is 29.0 Å². The van der Waals surface area contributed by atoms with E-state index in [1.54, 1.807) is 0 Å². The van der Waals surface area contributed by atoms with Gasteiger partial charge in [-0.25, -0.2) is 4.68 Å². The van der Waals surface area contributed by atoms with Crippen molar-refractivity contribution in [2.75, 3.05) is 34.9 Å². The minimum Gasteiger partial charge on any atom is -0.372 e. The molecule has 0 saturated heterocycles. The smallest absolute Gasteiger partial charge is 0.234 e. The first-order valence-electron chi connectivity index (χ1n) is 9.57. The van der Waals surface area contributed by atoms with Crippen molar-refractivity contribution in [3.63, 3.8) is 0 Å². The van der Waals surface area contributed by atoms with Crippen LogP contribution in [0, 0.1) is 6.92 Å². The van der Waals surface area contributed by atoms with Crippen LogP contribution in [-0.2, 0) is 4.79 Å². The van der Waals surface area contributed by atoms with Gasteiger partial charge in [0.1, 0.15) is 0 Å². The molecule has 152 valence electrons. The zero-order chi connectivity index (χ0) is 20.8. The van der Waals surface area contributed by atoms with E-state index < -0.39 is 0 Å². The number of hydrogen-bond donors (Lipinski definition) is 2. The van der Waals surface area contributed by atoms with Crippen molar-refractivity contribution in [1.82, 2.24) is 14.9 Å². The fourth-order valence-electron chi connectivity index (χ4n) is 3.05. The van der Waals surface area contributed by atoms with E-state index in [9.17, 15) is 4.79 Å². The molecule has 0 unspecified atom stereocenters. The molecule has 3 N–H and O–H groups in total. The number of thioether (sulfide) groups is 1. The average Bonchev–Trinajstić information content (AvgIpc) is 3.09. The topological polar surface area (TPSA) is 89.1 Å². The molecule has 0 bridgehead atoms. The van der Waals surface area contributed by atoms with Crippen LogP contribution in [0.4, 0.5) is 11.4 Å². The molecule has 0 fully saturated rings. The molecule has 1 heterocycles. The Bertz CT molecular complexity index is 966. The number of carbonyl (C=O) groups excluding carboxylic acids is 1. The number of aryl methyl sites for hydroxylation is 1. The summed E-state index contributed by atoms with van der Waals surface area (Å²) in [6, 6.07) is 15.7. The van der Waals surface area contributed by atoms with E-state index in [2.05, 4.69) is 34.3 Å². The molecule has 1 aromatic heterocycles. The molecule has 0 aliphatic heterocycles. The summed E-state index contributed by atoms with van der Waals surface area (Å²) in [6.45, 7) is 8.14. The lowest BCUT2D eigenvalue weighted by Gasteiger charge is -2.21. The van der Waals surface area contributed by atoms with Crippen molar-refractivity contribution in [3.05, 3.63) is 54.1 Å². The minimum atomic E-state index is -0.119. The van der Waals surface area contributed by atoms with Crippen LogP contribution in [0.1, 0.15) is 19.4 Å². The van der Waals surface area contributed by atoms with E-state index in [0.717, 1.165) is 35.6 Å². The lowest BCUT2D eigenvalue weighted by atomic mass is 10.1. The van der Waals surface area contributed by atoms with Gasteiger partial charge in [0, 0.05) is 30.0 Å². The number of nitrogens with one attached hydrogen (secondary N) is 1. The van der Waals surface area contributed by atoms with Gasteiger partial charge in [0.15, 0.2) is 5.82 Å². The first kappa shape index (κ1) is 20.7. The molecule has 8 heteroatoms. The van der Waals surface area contributed by atoms with Gasteiger partial charge in [0.05, 0.1) is 5.75 Å². The molecule has 0 aliphatic carbocycles. The molecular formula is C21H26N6OS. The highest BCUT2D eigenvalue weighted by molar-refractivity contribution is 7.99. The van der Waals surface area contributed by atoms with E-state index >= 15 is 0 Å². The highest BCUT2D eigenvalue weighted by Gasteiger charge is 2.15. The van der Waals surface area contributed by atoms with Crippen LogP contribution in [-0.4, -0.2) is 39.6 Å². The predicted octanol–water partition coefficient (Wildman–Crippen LogP) is 3.54. The molecule has 2 aromatic carbocycles. The second-order valence-electron chi connectivity index (χ2n) is 6.55. The Morgan fingerprint density at radius 2 is 1.79 bits per heavy atom. The molecule has 0 spiro atoms. The minimum absolute atomic E-state index is 0.119. The molecule has 29 heavy (non-hydrogen) atoms. The number of anilines is 2. The van der Waals surface area contributed by atoms with Gasteiger partial charge in [0.25, 0.3) is 0 Å². The molecule has 0 atom stereocenters. The van der Waals surface area contributed by atoms with Gasteiger partial charge in [-0.05, 0) is 50.6 Å². The molecule has 3 rings (SSSR count). The van der Waals surface area contributed by atoms with Crippen LogP contribution in [0.5, 0.6) is 0 Å². The highest BCUT2D eigenvalue weighted by atomic mass is 32.2. The van der Waals surface area contributed by atoms with Gasteiger partial charge >= 0.3 is 0 Å². The van der Waals surface area contributed by atoms with Gasteiger partial charge in [-0.15, -0.1) is 10.2 Å². The zero-order valence-corrected chi connectivity index (χ0v) is 17.7. The largest absolute Gasteiger partial charge is 0.372 e. The normalized spacial score (nSPS) is 10.7. The SMILES string of the molecule is CCN(CC)c1ccc(NC(=O)CSc2nnc(-c3ccccc3C)n2N)cc1. The molecule has 7 nitrogen and oxygen atoms in total. The Hall–Kier alpha value is -3.00. The van der Waals surface area contributed by atoms with Crippen molar-refractivity contribution < 1.29 is 4.79 Å². The predicted molar refractivity (Wildman–Crippen MR) is 120 cm³/mol. The van der Waals surface area contributed by atoms with Gasteiger partial charge in [-0.3, -0.25) is 4.79 Å². The second kappa shape index (κ2) is 9.47. The summed E-state index contributed by atoms with van der Waals surface area (Å²) in [4.78, 5) is 14.6. The number of carbonyl (C=O) groups is 1. The third-order valence-electron chi connectivity index (χ3n) is 4.66. The molecule has 0 saturated carbocycles. The molecule has 0 aliphatic rings. The summed E-state index contributed by atoms with van der Waals surface area (Å²) >= 11 is 1.26. The number of hydrogen-bond acceptors (Lipinski definition) is 6. The van der Waals surface area contributed by atoms with Crippen LogP contribution in [0.3, 0.4) is 0 Å². The lowest BCUT2D eigenvalue weighted by molar-refractivity contribution is -0.113. The Balaban J connectivity index is 1.59. The van der Waals surface area contributed by atoms with E-state index in [1.165, 1.54) is 16.4 Å². The summed E-state index contributed by atoms with van der Waals surface area (Å²) in [6.07, 6.45) is 0. The fraction of sp³-hybridized carbons (Fsp3) is 0.286. The van der Waals surface area contributed by atoms with Crippen LogP contribution < -0.4 is 16.1 Å². The number of nitrogens with two attached hydrogens (primary N) is 1. The van der Waals surface area contributed by atoms with E-state index in [4.69, 9.17) is 5.84 Å². The van der Waals surface area contributed by atoms with Crippen molar-refractivity contribution in [3.8, 4) is 11.4 Å². The third kappa shape index (κ3) is 4.89. The number of benzene rings is 2. The second-order valence-corrected chi connectivity index (χ2v) is 7.49. The maximum atomic E-state index is 12.3. The summed E-state index contributed by atoms with van der Waals surface area (Å²) in [5.74, 6) is 6.81. The van der Waals surface area contributed by atoms with Crippen LogP contribution in [0.15, 0.2) is 53.7 Å². The Labute approximate surface area is 175 Å². The molecule has 0 radical (unpaired) electrons. The van der Waals surface area contributed by atoms with E-state index in [1.807, 2.05) is 55.5 Å². The standard InChI is InChI=1S/C21H26N6OS/c1-4-26(5-2)17-12-10-16(11-13-17)23-19(28)14-29-21-25-24-20(27(21)22)18-9-7-6-8-15(18)3/h6-13H,4-5,14,22H2,1-3H3,(H,23,28). The van der Waals surface area contributed by atoms with Crippen molar-refractivity contribution in [2.45, 2.75) is 25.9 Å². The number of amides is 1. The van der Waals surface area contributed by atoms with Crippen LogP contribution in [0.2, 0.25) is 0 Å². The van der Waals surface area contributed by atoms with Gasteiger partial charge in [-0.2, -0.15) is 0 Å². The van der Waals surface area contributed by atoms with Gasteiger partial charge < -0.3 is 16.1 Å². The van der Waals surface area contributed by atoms with Crippen LogP contribution >= 0.6 is 11.8 Å². The maximum Gasteiger partial charge on any atom is 0.234 e. The monoisotopic (exact) mass is 410 g/mol. The summed E-state index contributed by atoms with van der Waals surface area (Å²) < 4.78 is 1.43. The third-order valence-corrected chi connectivity index (χ3v) is 5.61. The maximum absolute atomic E-state index is 12.3. The van der Waals surface area contributed by atoms with E-state index in [0.29, 0.717) is 11.0 Å². The van der Waals surface area contributed by atoms with E-state index in [-0.39, 0.29) is 11.7 Å². The number of nitrogen functional groups attached to an aromatic ring is 1. The highest BCUT2D eigenvalue weighted by Crippen LogP contribution is 2.24. The number of aromatic nitrogens is 3. The first-order valence-corrected chi connectivity index (χ1v) is 10.6. The van der Waals surface area contributed by atoms with Crippen LogP contribution in [0.25, 0.3) is 11.4 Å². The Morgan fingerprint density at radius 1 is 1.10 bits per heavy atom. The summed E-state index contributed by atoms with van der Waals surface area (Å²) in [5.41, 5.74) is 3.89. The van der Waals surface area contributed by atoms with Gasteiger partial charge in [0.2, 0.25) is 11.1 Å². The van der Waals surface area contributed by atoms with Gasteiger partial charge in [-0.1, -0.05) is 36.0 Å². The quantitative estimate of drug-likeness (QED) is 0.436. The fourth-order valence-corrected chi connectivity index (χ4v) is 3.71. The van der Waals surface area contributed by atoms with Crippen molar-refractivity contribution in [2.24, 2.45) is 0 Å². The Morgan fingerprint density at radius 3 is 2.45 bits per heavy atom. The molecular weight excluding hydrogens is 384 g/mol. The first-order chi connectivity index (χ1) is 14.0. The number of rotatable bonds is 8.